The van der Waals surface area contributed by atoms with Crippen LogP contribution < -0.4 is 4.74 Å². The van der Waals surface area contributed by atoms with Crippen molar-refractivity contribution in [1.82, 2.24) is 0 Å². The maximum Gasteiger partial charge on any atom is 0.309 e. The van der Waals surface area contributed by atoms with Gasteiger partial charge in [0, 0.05) is 0 Å². The maximum absolute atomic E-state index is 11.7. The Labute approximate surface area is 103 Å². The van der Waals surface area contributed by atoms with Crippen LogP contribution in [0.2, 0.25) is 0 Å². The van der Waals surface area contributed by atoms with E-state index in [0.29, 0.717) is 6.61 Å². The van der Waals surface area contributed by atoms with Crippen molar-refractivity contribution in [3.05, 3.63) is 29.8 Å². The van der Waals surface area contributed by atoms with Crippen LogP contribution in [-0.4, -0.2) is 19.7 Å². The number of benzene rings is 1. The molecule has 17 heavy (non-hydrogen) atoms. The van der Waals surface area contributed by atoms with Crippen molar-refractivity contribution in [2.75, 3.05) is 13.7 Å². The lowest BCUT2D eigenvalue weighted by Crippen LogP contribution is -2.20. The summed E-state index contributed by atoms with van der Waals surface area (Å²) >= 11 is 0. The summed E-state index contributed by atoms with van der Waals surface area (Å²) in [4.78, 5) is 11.7. The van der Waals surface area contributed by atoms with Gasteiger partial charge in [-0.05, 0) is 24.5 Å². The number of carbonyl (C=O) groups excluding carboxylic acids is 1. The Morgan fingerprint density at radius 1 is 1.29 bits per heavy atom. The van der Waals surface area contributed by atoms with Crippen LogP contribution in [0.25, 0.3) is 0 Å². The first-order chi connectivity index (χ1) is 8.11. The quantitative estimate of drug-likeness (QED) is 0.737. The van der Waals surface area contributed by atoms with Gasteiger partial charge in [-0.25, -0.2) is 0 Å². The Balaban J connectivity index is 2.88. The Kier molecular flexibility index (Phi) is 5.01. The van der Waals surface area contributed by atoms with E-state index in [2.05, 4.69) is 0 Å². The third kappa shape index (κ3) is 3.22. The normalized spacial score (nSPS) is 13.9. The minimum atomic E-state index is -0.175. The van der Waals surface area contributed by atoms with E-state index in [1.165, 1.54) is 0 Å². The van der Waals surface area contributed by atoms with Crippen molar-refractivity contribution < 1.29 is 14.3 Å². The summed E-state index contributed by atoms with van der Waals surface area (Å²) < 4.78 is 10.3. The summed E-state index contributed by atoms with van der Waals surface area (Å²) in [6.07, 6.45) is 0. The molecule has 3 nitrogen and oxygen atoms in total. The van der Waals surface area contributed by atoms with E-state index in [-0.39, 0.29) is 17.8 Å². The second-order valence-corrected chi connectivity index (χ2v) is 4.07. The molecular weight excluding hydrogens is 216 g/mol. The molecule has 0 fully saturated rings. The lowest BCUT2D eigenvalue weighted by molar-refractivity contribution is -0.148. The van der Waals surface area contributed by atoms with Crippen molar-refractivity contribution in [2.45, 2.75) is 26.7 Å². The van der Waals surface area contributed by atoms with Crippen LogP contribution in [0.1, 0.15) is 32.3 Å². The first kappa shape index (κ1) is 13.6. The second-order valence-electron chi connectivity index (χ2n) is 4.07. The van der Waals surface area contributed by atoms with Gasteiger partial charge in [-0.15, -0.1) is 0 Å². The minimum Gasteiger partial charge on any atom is -0.496 e. The van der Waals surface area contributed by atoms with Gasteiger partial charge >= 0.3 is 5.97 Å². The second kappa shape index (κ2) is 6.28. The van der Waals surface area contributed by atoms with Crippen LogP contribution in [0.5, 0.6) is 5.75 Å². The molecule has 0 spiro atoms. The van der Waals surface area contributed by atoms with Crippen LogP contribution >= 0.6 is 0 Å². The summed E-state index contributed by atoms with van der Waals surface area (Å²) in [6, 6.07) is 7.76. The summed E-state index contributed by atoms with van der Waals surface area (Å²) in [7, 11) is 1.64. The number of para-hydroxylation sites is 1. The molecule has 0 heterocycles. The highest BCUT2D eigenvalue weighted by atomic mass is 16.5. The van der Waals surface area contributed by atoms with Gasteiger partial charge in [0.05, 0.1) is 19.6 Å². The fourth-order valence-electron chi connectivity index (χ4n) is 1.79. The molecule has 3 heteroatoms. The zero-order valence-electron chi connectivity index (χ0n) is 10.9. The predicted molar refractivity (Wildman–Crippen MR) is 67.2 cm³/mol. The molecule has 0 bridgehead atoms. The molecule has 2 atom stereocenters. The zero-order valence-corrected chi connectivity index (χ0v) is 10.9. The first-order valence-electron chi connectivity index (χ1n) is 5.91. The monoisotopic (exact) mass is 236 g/mol. The topological polar surface area (TPSA) is 35.5 Å². The Morgan fingerprint density at radius 3 is 2.53 bits per heavy atom. The molecule has 0 saturated carbocycles. The molecule has 1 rings (SSSR count). The van der Waals surface area contributed by atoms with Gasteiger partial charge in [-0.3, -0.25) is 4.79 Å². The van der Waals surface area contributed by atoms with Gasteiger partial charge in [-0.2, -0.15) is 0 Å². The molecule has 2 unspecified atom stereocenters. The van der Waals surface area contributed by atoms with E-state index in [0.717, 1.165) is 11.3 Å². The summed E-state index contributed by atoms with van der Waals surface area (Å²) in [5.74, 6) is 0.554. The standard InChI is InChI=1S/C14H20O3/c1-5-17-14(15)11(3)10(2)12-8-6-7-9-13(12)16-4/h6-11H,5H2,1-4H3. The van der Waals surface area contributed by atoms with Crippen molar-refractivity contribution in [3.63, 3.8) is 0 Å². The summed E-state index contributed by atoms with van der Waals surface area (Å²) in [5, 5.41) is 0. The van der Waals surface area contributed by atoms with Gasteiger partial charge in [0.2, 0.25) is 0 Å². The molecule has 0 aliphatic carbocycles. The highest BCUT2D eigenvalue weighted by molar-refractivity contribution is 5.73. The average Bonchev–Trinajstić information content (AvgIpc) is 2.37. The van der Waals surface area contributed by atoms with E-state index in [1.54, 1.807) is 7.11 Å². The maximum atomic E-state index is 11.7. The summed E-state index contributed by atoms with van der Waals surface area (Å²) in [6.45, 7) is 6.13. The predicted octanol–water partition coefficient (Wildman–Crippen LogP) is 3.00. The molecular formula is C14H20O3. The van der Waals surface area contributed by atoms with Gasteiger partial charge < -0.3 is 9.47 Å². The van der Waals surface area contributed by atoms with Gasteiger partial charge in [-0.1, -0.05) is 32.0 Å². The molecule has 0 aliphatic heterocycles. The number of hydrogen-bond donors (Lipinski definition) is 0. The number of hydrogen-bond acceptors (Lipinski definition) is 3. The Morgan fingerprint density at radius 2 is 1.94 bits per heavy atom. The molecule has 0 aromatic heterocycles. The van der Waals surface area contributed by atoms with E-state index >= 15 is 0 Å². The third-order valence-corrected chi connectivity index (χ3v) is 3.04. The van der Waals surface area contributed by atoms with Gasteiger partial charge in [0.25, 0.3) is 0 Å². The molecule has 0 aliphatic rings. The SMILES string of the molecule is CCOC(=O)C(C)C(C)c1ccccc1OC. The molecule has 0 amide bonds. The number of carbonyl (C=O) groups is 1. The van der Waals surface area contributed by atoms with E-state index in [4.69, 9.17) is 9.47 Å². The molecule has 1 aromatic carbocycles. The minimum absolute atomic E-state index is 0.0743. The number of ether oxygens (including phenoxy) is 2. The molecule has 0 N–H and O–H groups in total. The molecule has 0 radical (unpaired) electrons. The number of methoxy groups -OCH3 is 1. The first-order valence-corrected chi connectivity index (χ1v) is 5.91. The molecule has 0 saturated heterocycles. The van der Waals surface area contributed by atoms with Crippen LogP contribution in [0.4, 0.5) is 0 Å². The van der Waals surface area contributed by atoms with Crippen molar-refractivity contribution in [1.29, 1.82) is 0 Å². The van der Waals surface area contributed by atoms with Crippen molar-refractivity contribution in [3.8, 4) is 5.75 Å². The van der Waals surface area contributed by atoms with Crippen LogP contribution in [0.3, 0.4) is 0 Å². The van der Waals surface area contributed by atoms with Crippen LogP contribution in [0.15, 0.2) is 24.3 Å². The lowest BCUT2D eigenvalue weighted by Gasteiger charge is -2.20. The Hall–Kier alpha value is -1.51. The number of esters is 1. The van der Waals surface area contributed by atoms with E-state index in [9.17, 15) is 4.79 Å². The summed E-state index contributed by atoms with van der Waals surface area (Å²) in [5.41, 5.74) is 1.04. The van der Waals surface area contributed by atoms with Crippen molar-refractivity contribution >= 4 is 5.97 Å². The highest BCUT2D eigenvalue weighted by Crippen LogP contribution is 2.31. The highest BCUT2D eigenvalue weighted by Gasteiger charge is 2.24. The fourth-order valence-corrected chi connectivity index (χ4v) is 1.79. The molecule has 94 valence electrons. The van der Waals surface area contributed by atoms with Crippen LogP contribution in [-0.2, 0) is 9.53 Å². The lowest BCUT2D eigenvalue weighted by atomic mass is 9.88. The molecule has 1 aromatic rings. The Bertz CT molecular complexity index is 373. The van der Waals surface area contributed by atoms with Gasteiger partial charge in [0.1, 0.15) is 5.75 Å². The van der Waals surface area contributed by atoms with Crippen molar-refractivity contribution in [2.24, 2.45) is 5.92 Å². The zero-order chi connectivity index (χ0) is 12.8. The number of rotatable bonds is 5. The fraction of sp³-hybridized carbons (Fsp3) is 0.500. The third-order valence-electron chi connectivity index (χ3n) is 3.04. The smallest absolute Gasteiger partial charge is 0.309 e. The largest absolute Gasteiger partial charge is 0.496 e. The van der Waals surface area contributed by atoms with E-state index < -0.39 is 0 Å². The van der Waals surface area contributed by atoms with E-state index in [1.807, 2.05) is 45.0 Å². The average molecular weight is 236 g/mol. The van der Waals surface area contributed by atoms with Crippen LogP contribution in [0, 0.1) is 5.92 Å². The van der Waals surface area contributed by atoms with Gasteiger partial charge in [0.15, 0.2) is 0 Å².